The molecule has 0 radical (unpaired) electrons. The third-order valence-corrected chi connectivity index (χ3v) is 3.44. The Balaban J connectivity index is 2.76. The summed E-state index contributed by atoms with van der Waals surface area (Å²) in [6.45, 7) is 3.70. The molecule has 0 saturated carbocycles. The highest BCUT2D eigenvalue weighted by Gasteiger charge is 2.15. The lowest BCUT2D eigenvalue weighted by atomic mass is 10.1. The highest BCUT2D eigenvalue weighted by atomic mass is 32.2. The molecule has 2 N–H and O–H groups in total. The summed E-state index contributed by atoms with van der Waals surface area (Å²) in [5.41, 5.74) is 2.36. The van der Waals surface area contributed by atoms with Crippen molar-refractivity contribution < 1.29 is 13.2 Å². The molecule has 1 aromatic carbocycles. The lowest BCUT2D eigenvalue weighted by Gasteiger charge is -2.09. The predicted octanol–water partition coefficient (Wildman–Crippen LogP) is 0.914. The molecule has 0 aromatic heterocycles. The molecule has 0 aliphatic rings. The number of nitrogens with zero attached hydrogens (tertiary/aromatic N) is 1. The highest BCUT2D eigenvalue weighted by molar-refractivity contribution is 7.89. The van der Waals surface area contributed by atoms with Crippen molar-refractivity contribution in [2.75, 3.05) is 0 Å². The van der Waals surface area contributed by atoms with Crippen LogP contribution in [0.15, 0.2) is 29.2 Å². The van der Waals surface area contributed by atoms with Crippen LogP contribution in [0.3, 0.4) is 0 Å². The fourth-order valence-electron chi connectivity index (χ4n) is 1.34. The molecule has 0 spiro atoms. The zero-order valence-electron chi connectivity index (χ0n) is 10.7. The normalized spacial score (nSPS) is 11.1. The fourth-order valence-corrected chi connectivity index (χ4v) is 2.24. The number of benzene rings is 1. The molecular formula is C12H15N3O3S. The number of nitriles is 1. The summed E-state index contributed by atoms with van der Waals surface area (Å²) < 4.78 is 23.7. The summed E-state index contributed by atoms with van der Waals surface area (Å²) in [6.07, 6.45) is 0.223. The molecule has 7 heteroatoms. The molecule has 6 nitrogen and oxygen atoms in total. The number of hydrogen-bond acceptors (Lipinski definition) is 4. The Morgan fingerprint density at radius 3 is 2.68 bits per heavy atom. The molecule has 0 atom stereocenters. The van der Waals surface area contributed by atoms with Gasteiger partial charge in [0.15, 0.2) is 0 Å². The van der Waals surface area contributed by atoms with E-state index >= 15 is 0 Å². The second kappa shape index (κ2) is 6.31. The van der Waals surface area contributed by atoms with Gasteiger partial charge in [0.1, 0.15) is 0 Å². The van der Waals surface area contributed by atoms with Crippen LogP contribution >= 0.6 is 0 Å². The van der Waals surface area contributed by atoms with E-state index in [1.54, 1.807) is 0 Å². The second-order valence-electron chi connectivity index (χ2n) is 4.39. The molecule has 0 heterocycles. The first kappa shape index (κ1) is 15.1. The van der Waals surface area contributed by atoms with Crippen molar-refractivity contribution in [3.05, 3.63) is 29.8 Å². The summed E-state index contributed by atoms with van der Waals surface area (Å²) >= 11 is 0. The fraction of sp³-hybridized carbons (Fsp3) is 0.333. The van der Waals surface area contributed by atoms with E-state index in [9.17, 15) is 13.2 Å². The average molecular weight is 281 g/mol. The monoisotopic (exact) mass is 281 g/mol. The quantitative estimate of drug-likeness (QED) is 0.784. The van der Waals surface area contributed by atoms with E-state index in [4.69, 9.17) is 5.26 Å². The lowest BCUT2D eigenvalue weighted by molar-refractivity contribution is -0.122. The number of carbonyl (C=O) groups excluding carboxylic acids is 1. The third-order valence-electron chi connectivity index (χ3n) is 2.19. The Labute approximate surface area is 112 Å². The van der Waals surface area contributed by atoms with Crippen LogP contribution < -0.4 is 10.3 Å². The first-order valence-electron chi connectivity index (χ1n) is 5.66. The number of nitrogens with one attached hydrogen (secondary N) is 2. The number of hydrogen-bond donors (Lipinski definition) is 2. The van der Waals surface area contributed by atoms with Crippen molar-refractivity contribution in [3.63, 3.8) is 0 Å². The van der Waals surface area contributed by atoms with E-state index in [0.717, 1.165) is 0 Å². The number of amides is 1. The van der Waals surface area contributed by atoms with Crippen LogP contribution in [0.4, 0.5) is 0 Å². The topological polar surface area (TPSA) is 99.1 Å². The molecule has 0 bridgehead atoms. The molecule has 0 unspecified atom stereocenters. The van der Waals surface area contributed by atoms with Crippen LogP contribution in [0.1, 0.15) is 25.8 Å². The van der Waals surface area contributed by atoms with Gasteiger partial charge in [-0.25, -0.2) is 8.42 Å². The summed E-state index contributed by atoms with van der Waals surface area (Å²) in [6, 6.07) is 7.39. The van der Waals surface area contributed by atoms with E-state index < -0.39 is 15.9 Å². The van der Waals surface area contributed by atoms with Crippen LogP contribution in [-0.2, 0) is 14.8 Å². The first-order chi connectivity index (χ1) is 8.85. The van der Waals surface area contributed by atoms with E-state index in [1.165, 1.54) is 24.3 Å². The second-order valence-corrected chi connectivity index (χ2v) is 6.07. The summed E-state index contributed by atoms with van der Waals surface area (Å²) in [7, 11) is -3.86. The molecule has 0 saturated heterocycles. The maximum absolute atomic E-state index is 11.9. The van der Waals surface area contributed by atoms with Gasteiger partial charge in [-0.05, 0) is 24.1 Å². The van der Waals surface area contributed by atoms with Crippen molar-refractivity contribution >= 4 is 15.9 Å². The van der Waals surface area contributed by atoms with E-state index in [1.807, 2.05) is 24.7 Å². The Bertz CT molecular complexity index is 603. The van der Waals surface area contributed by atoms with Crippen LogP contribution in [0.2, 0.25) is 0 Å². The van der Waals surface area contributed by atoms with E-state index in [2.05, 4.69) is 5.43 Å². The van der Waals surface area contributed by atoms with Gasteiger partial charge < -0.3 is 0 Å². The molecule has 1 rings (SSSR count). The Morgan fingerprint density at radius 2 is 2.11 bits per heavy atom. The van der Waals surface area contributed by atoms with Gasteiger partial charge in [-0.3, -0.25) is 10.2 Å². The standard InChI is InChI=1S/C12H15N3O3S/c1-9(2)6-12(16)14-15-19(17,18)11-5-3-4-10(7-11)8-13/h3-5,7,9,15H,6H2,1-2H3,(H,14,16). The lowest BCUT2D eigenvalue weighted by Crippen LogP contribution is -2.41. The van der Waals surface area contributed by atoms with Gasteiger partial charge in [0.05, 0.1) is 16.5 Å². The number of rotatable bonds is 5. The molecule has 19 heavy (non-hydrogen) atoms. The molecule has 1 amide bonds. The summed E-state index contributed by atoms with van der Waals surface area (Å²) in [5, 5.41) is 8.71. The Hall–Kier alpha value is -1.91. The Morgan fingerprint density at radius 1 is 1.42 bits per heavy atom. The molecule has 0 fully saturated rings. The minimum atomic E-state index is -3.86. The highest BCUT2D eigenvalue weighted by Crippen LogP contribution is 2.10. The predicted molar refractivity (Wildman–Crippen MR) is 69.1 cm³/mol. The van der Waals surface area contributed by atoms with Crippen LogP contribution in [0.25, 0.3) is 0 Å². The van der Waals surface area contributed by atoms with Crippen molar-refractivity contribution in [2.45, 2.75) is 25.2 Å². The van der Waals surface area contributed by atoms with Crippen molar-refractivity contribution in [1.82, 2.24) is 10.3 Å². The minimum absolute atomic E-state index is 0.0728. The number of hydrazine groups is 1. The molecular weight excluding hydrogens is 266 g/mol. The average Bonchev–Trinajstić information content (AvgIpc) is 2.36. The zero-order chi connectivity index (χ0) is 14.5. The van der Waals surface area contributed by atoms with Gasteiger partial charge in [0, 0.05) is 6.42 Å². The van der Waals surface area contributed by atoms with Crippen molar-refractivity contribution in [1.29, 1.82) is 5.26 Å². The van der Waals surface area contributed by atoms with Crippen molar-refractivity contribution in [2.24, 2.45) is 5.92 Å². The van der Waals surface area contributed by atoms with E-state index in [0.29, 0.717) is 0 Å². The minimum Gasteiger partial charge on any atom is -0.278 e. The Kier molecular flexibility index (Phi) is 5.03. The van der Waals surface area contributed by atoms with Crippen molar-refractivity contribution in [3.8, 4) is 6.07 Å². The van der Waals surface area contributed by atoms with Crippen LogP contribution in [-0.4, -0.2) is 14.3 Å². The van der Waals surface area contributed by atoms with E-state index in [-0.39, 0.29) is 22.8 Å². The number of sulfonamides is 1. The van der Waals surface area contributed by atoms with Gasteiger partial charge in [-0.15, -0.1) is 4.83 Å². The smallest absolute Gasteiger partial charge is 0.257 e. The maximum atomic E-state index is 11.9. The van der Waals surface area contributed by atoms with Gasteiger partial charge in [0.2, 0.25) is 5.91 Å². The van der Waals surface area contributed by atoms with Gasteiger partial charge in [-0.2, -0.15) is 5.26 Å². The third kappa shape index (κ3) is 4.69. The SMILES string of the molecule is CC(C)CC(=O)NNS(=O)(=O)c1cccc(C#N)c1. The first-order valence-corrected chi connectivity index (χ1v) is 7.14. The summed E-state index contributed by atoms with van der Waals surface area (Å²) in [5.74, 6) is -0.276. The van der Waals surface area contributed by atoms with Gasteiger partial charge in [-0.1, -0.05) is 19.9 Å². The molecule has 102 valence electrons. The molecule has 0 aliphatic carbocycles. The van der Waals surface area contributed by atoms with Crippen LogP contribution in [0, 0.1) is 17.2 Å². The molecule has 1 aromatic rings. The largest absolute Gasteiger partial charge is 0.278 e. The maximum Gasteiger partial charge on any atom is 0.257 e. The number of carbonyl (C=O) groups is 1. The summed E-state index contributed by atoms with van der Waals surface area (Å²) in [4.78, 5) is 13.3. The zero-order valence-corrected chi connectivity index (χ0v) is 11.5. The van der Waals surface area contributed by atoms with Crippen LogP contribution in [0.5, 0.6) is 0 Å². The van der Waals surface area contributed by atoms with Gasteiger partial charge in [0.25, 0.3) is 10.0 Å². The van der Waals surface area contributed by atoms with Gasteiger partial charge >= 0.3 is 0 Å². The molecule has 0 aliphatic heterocycles.